The molecule has 0 bridgehead atoms. The fourth-order valence-electron chi connectivity index (χ4n) is 1.25. The fraction of sp³-hybridized carbons (Fsp3) is 0.400. The van der Waals surface area contributed by atoms with Gasteiger partial charge >= 0.3 is 5.97 Å². The molecule has 4 nitrogen and oxygen atoms in total. The summed E-state index contributed by atoms with van der Waals surface area (Å²) in [5.41, 5.74) is 0. The smallest absolute Gasteiger partial charge is 0.312 e. The van der Waals surface area contributed by atoms with Crippen molar-refractivity contribution in [3.05, 3.63) is 22.4 Å². The second-order valence-electron chi connectivity index (χ2n) is 3.11. The first-order valence-electron chi connectivity index (χ1n) is 4.68. The molecule has 2 N–H and O–H groups in total. The predicted octanol–water partition coefficient (Wildman–Crippen LogP) is 1.79. The number of carboxylic acids is 1. The predicted molar refractivity (Wildman–Crippen MR) is 57.7 cm³/mol. The van der Waals surface area contributed by atoms with E-state index in [1.807, 2.05) is 24.4 Å². The summed E-state index contributed by atoms with van der Waals surface area (Å²) in [5.74, 6) is -1.55. The van der Waals surface area contributed by atoms with Crippen LogP contribution in [0.5, 0.6) is 0 Å². The van der Waals surface area contributed by atoms with Crippen molar-refractivity contribution in [3.63, 3.8) is 0 Å². The van der Waals surface area contributed by atoms with Crippen LogP contribution in [-0.2, 0) is 9.59 Å². The molecule has 0 aliphatic carbocycles. The van der Waals surface area contributed by atoms with Crippen LogP contribution in [0.15, 0.2) is 17.5 Å². The maximum absolute atomic E-state index is 11.2. The van der Waals surface area contributed by atoms with Crippen LogP contribution in [0.3, 0.4) is 0 Å². The average molecular weight is 227 g/mol. The van der Waals surface area contributed by atoms with Crippen molar-refractivity contribution in [2.75, 3.05) is 0 Å². The van der Waals surface area contributed by atoms with Gasteiger partial charge in [0, 0.05) is 4.88 Å². The first-order valence-corrected chi connectivity index (χ1v) is 5.56. The zero-order valence-corrected chi connectivity index (χ0v) is 9.21. The van der Waals surface area contributed by atoms with Gasteiger partial charge in [0.15, 0.2) is 0 Å². The first-order chi connectivity index (χ1) is 7.13. The van der Waals surface area contributed by atoms with Crippen molar-refractivity contribution in [3.8, 4) is 0 Å². The minimum Gasteiger partial charge on any atom is -0.481 e. The molecule has 1 atom stereocenters. The average Bonchev–Trinajstić information content (AvgIpc) is 2.65. The third-order valence-corrected chi connectivity index (χ3v) is 2.93. The Balaban J connectivity index is 2.54. The highest BCUT2D eigenvalue weighted by atomic mass is 32.1. The zero-order valence-electron chi connectivity index (χ0n) is 8.40. The largest absolute Gasteiger partial charge is 0.481 e. The van der Waals surface area contributed by atoms with Crippen LogP contribution in [0.2, 0.25) is 0 Å². The minimum absolute atomic E-state index is 0.0724. The van der Waals surface area contributed by atoms with E-state index in [0.717, 1.165) is 11.3 Å². The summed E-state index contributed by atoms with van der Waals surface area (Å²) in [6.07, 6.45) is 0.285. The quantitative estimate of drug-likeness (QED) is 0.754. The van der Waals surface area contributed by atoms with Gasteiger partial charge in [-0.05, 0) is 17.9 Å². The van der Waals surface area contributed by atoms with Crippen molar-refractivity contribution in [1.29, 1.82) is 0 Å². The molecule has 82 valence electrons. The molecule has 0 saturated heterocycles. The lowest BCUT2D eigenvalue weighted by molar-refractivity contribution is -0.140. The third kappa shape index (κ3) is 3.71. The Bertz CT molecular complexity index is 334. The number of nitrogens with one attached hydrogen (secondary N) is 1. The Morgan fingerprint density at radius 2 is 2.33 bits per heavy atom. The normalized spacial score (nSPS) is 12.1. The van der Waals surface area contributed by atoms with Crippen LogP contribution < -0.4 is 5.32 Å². The van der Waals surface area contributed by atoms with Crippen molar-refractivity contribution in [2.24, 2.45) is 0 Å². The molecule has 1 aromatic rings. The van der Waals surface area contributed by atoms with E-state index in [4.69, 9.17) is 5.11 Å². The van der Waals surface area contributed by atoms with Gasteiger partial charge in [-0.15, -0.1) is 11.3 Å². The van der Waals surface area contributed by atoms with Crippen LogP contribution >= 0.6 is 11.3 Å². The lowest BCUT2D eigenvalue weighted by atomic mass is 10.2. The highest BCUT2D eigenvalue weighted by Gasteiger charge is 2.15. The van der Waals surface area contributed by atoms with Crippen molar-refractivity contribution >= 4 is 23.2 Å². The Labute approximate surface area is 91.9 Å². The van der Waals surface area contributed by atoms with E-state index in [1.54, 1.807) is 11.3 Å². The minimum atomic E-state index is -1.10. The second-order valence-corrected chi connectivity index (χ2v) is 4.09. The number of hydrogen-bond acceptors (Lipinski definition) is 3. The molecule has 1 unspecified atom stereocenters. The standard InChI is InChI=1S/C10H13NO3S/c1-2-7(8-4-3-5-15-8)11-9(12)6-10(13)14/h3-5,7H,2,6H2,1H3,(H,11,12)(H,13,14). The third-order valence-electron chi connectivity index (χ3n) is 1.94. The SMILES string of the molecule is CCC(NC(=O)CC(=O)O)c1cccs1. The summed E-state index contributed by atoms with van der Waals surface area (Å²) < 4.78 is 0. The molecule has 1 heterocycles. The zero-order chi connectivity index (χ0) is 11.3. The Kier molecular flexibility index (Phi) is 4.30. The summed E-state index contributed by atoms with van der Waals surface area (Å²) >= 11 is 1.55. The van der Waals surface area contributed by atoms with Gasteiger partial charge in [-0.2, -0.15) is 0 Å². The van der Waals surface area contributed by atoms with Gasteiger partial charge in [-0.3, -0.25) is 9.59 Å². The van der Waals surface area contributed by atoms with Crippen LogP contribution in [0.25, 0.3) is 0 Å². The Hall–Kier alpha value is -1.36. The summed E-state index contributed by atoms with van der Waals surface area (Å²) in [5, 5.41) is 13.1. The molecule has 0 aliphatic heterocycles. The fourth-order valence-corrected chi connectivity index (χ4v) is 2.11. The molecular formula is C10H13NO3S. The molecule has 1 amide bonds. The van der Waals surface area contributed by atoms with Crippen LogP contribution in [0.1, 0.15) is 30.7 Å². The Morgan fingerprint density at radius 3 is 2.80 bits per heavy atom. The number of aliphatic carboxylic acids is 1. The van der Waals surface area contributed by atoms with E-state index < -0.39 is 18.3 Å². The molecular weight excluding hydrogens is 214 g/mol. The number of amides is 1. The van der Waals surface area contributed by atoms with Gasteiger partial charge in [0.05, 0.1) is 6.04 Å². The van der Waals surface area contributed by atoms with E-state index in [2.05, 4.69) is 5.32 Å². The number of carbonyl (C=O) groups is 2. The maximum atomic E-state index is 11.2. The number of thiophene rings is 1. The molecule has 0 fully saturated rings. The molecule has 0 radical (unpaired) electrons. The molecule has 15 heavy (non-hydrogen) atoms. The van der Waals surface area contributed by atoms with Crippen molar-refractivity contribution in [2.45, 2.75) is 25.8 Å². The monoisotopic (exact) mass is 227 g/mol. The number of carbonyl (C=O) groups excluding carboxylic acids is 1. The summed E-state index contributed by atoms with van der Waals surface area (Å²) in [6, 6.07) is 3.77. The molecule has 0 aromatic carbocycles. The van der Waals surface area contributed by atoms with Crippen molar-refractivity contribution < 1.29 is 14.7 Å². The molecule has 5 heteroatoms. The highest BCUT2D eigenvalue weighted by molar-refractivity contribution is 7.10. The van der Waals surface area contributed by atoms with Crippen LogP contribution in [-0.4, -0.2) is 17.0 Å². The molecule has 0 aliphatic rings. The maximum Gasteiger partial charge on any atom is 0.312 e. The summed E-state index contributed by atoms with van der Waals surface area (Å²) in [6.45, 7) is 1.95. The van der Waals surface area contributed by atoms with Gasteiger partial charge < -0.3 is 10.4 Å². The van der Waals surface area contributed by atoms with E-state index in [0.29, 0.717) is 0 Å². The number of hydrogen-bond donors (Lipinski definition) is 2. The van der Waals surface area contributed by atoms with Gasteiger partial charge in [0.1, 0.15) is 6.42 Å². The van der Waals surface area contributed by atoms with Gasteiger partial charge in [-0.25, -0.2) is 0 Å². The molecule has 1 aromatic heterocycles. The van der Waals surface area contributed by atoms with E-state index >= 15 is 0 Å². The lowest BCUT2D eigenvalue weighted by Crippen LogP contribution is -2.29. The van der Waals surface area contributed by atoms with Gasteiger partial charge in [0.25, 0.3) is 0 Å². The molecule has 1 rings (SSSR count). The van der Waals surface area contributed by atoms with Gasteiger partial charge in [-0.1, -0.05) is 13.0 Å². The Morgan fingerprint density at radius 1 is 1.60 bits per heavy atom. The van der Waals surface area contributed by atoms with E-state index in [9.17, 15) is 9.59 Å². The van der Waals surface area contributed by atoms with E-state index in [1.165, 1.54) is 0 Å². The molecule has 0 saturated carbocycles. The summed E-state index contributed by atoms with van der Waals surface area (Å²) in [7, 11) is 0. The van der Waals surface area contributed by atoms with Crippen molar-refractivity contribution in [1.82, 2.24) is 5.32 Å². The molecule has 0 spiro atoms. The van der Waals surface area contributed by atoms with E-state index in [-0.39, 0.29) is 6.04 Å². The number of carboxylic acid groups (broad SMARTS) is 1. The lowest BCUT2D eigenvalue weighted by Gasteiger charge is -2.14. The highest BCUT2D eigenvalue weighted by Crippen LogP contribution is 2.21. The van der Waals surface area contributed by atoms with Gasteiger partial charge in [0.2, 0.25) is 5.91 Å². The first kappa shape index (κ1) is 11.7. The number of rotatable bonds is 5. The summed E-state index contributed by atoms with van der Waals surface area (Å²) in [4.78, 5) is 22.6. The van der Waals surface area contributed by atoms with Crippen LogP contribution in [0, 0.1) is 0 Å². The second kappa shape index (κ2) is 5.50. The van der Waals surface area contributed by atoms with Crippen LogP contribution in [0.4, 0.5) is 0 Å². The topological polar surface area (TPSA) is 66.4 Å².